The highest BCUT2D eigenvalue weighted by molar-refractivity contribution is 5.89. The number of hydrogen-bond donors (Lipinski definition) is 9. The van der Waals surface area contributed by atoms with Gasteiger partial charge >= 0.3 is 0 Å². The van der Waals surface area contributed by atoms with Gasteiger partial charge in [-0.15, -0.1) is 0 Å². The number of phenolic OH excluding ortho intramolecular Hbond substituents is 2. The zero-order chi connectivity index (χ0) is 48.6. The molecule has 0 fully saturated rings. The number of aliphatic hydroxyl groups excluding tert-OH is 2. The van der Waals surface area contributed by atoms with Crippen LogP contribution in [-0.2, 0) is 30.4 Å². The highest BCUT2D eigenvalue weighted by Crippen LogP contribution is 2.61. The summed E-state index contributed by atoms with van der Waals surface area (Å²) in [5.41, 5.74) is 8.65. The molecule has 0 saturated heterocycles. The predicted molar refractivity (Wildman–Crippen MR) is 267 cm³/mol. The van der Waals surface area contributed by atoms with Crippen LogP contribution in [-0.4, -0.2) is 117 Å². The summed E-state index contributed by atoms with van der Waals surface area (Å²) in [4.78, 5) is 4.70. The Labute approximate surface area is 405 Å². The summed E-state index contributed by atoms with van der Waals surface area (Å²) in [5, 5.41) is 70.7. The molecular formula is C55H71N5O9. The quantitative estimate of drug-likeness (QED) is 0.0448. The highest BCUT2D eigenvalue weighted by atomic mass is 16.6. The lowest BCUT2D eigenvalue weighted by Gasteiger charge is -2.48. The third kappa shape index (κ3) is 9.38. The first-order valence-electron chi connectivity index (χ1n) is 24.8. The molecular weight excluding hydrogens is 875 g/mol. The van der Waals surface area contributed by atoms with Gasteiger partial charge in [-0.1, -0.05) is 32.1 Å². The van der Waals surface area contributed by atoms with Crippen LogP contribution in [0.25, 0.3) is 23.3 Å². The van der Waals surface area contributed by atoms with Gasteiger partial charge in [0.1, 0.15) is 29.0 Å². The van der Waals surface area contributed by atoms with Gasteiger partial charge < -0.3 is 60.4 Å². The van der Waals surface area contributed by atoms with Crippen molar-refractivity contribution in [2.24, 2.45) is 10.9 Å². The van der Waals surface area contributed by atoms with Crippen LogP contribution in [0.5, 0.6) is 28.7 Å². The third-order valence-electron chi connectivity index (χ3n) is 14.8. The molecule has 0 saturated carbocycles. The second kappa shape index (κ2) is 20.4. The van der Waals surface area contributed by atoms with Gasteiger partial charge in [0, 0.05) is 67.5 Å². The number of likely N-dealkylation sites (N-methyl/N-ethyl adjacent to an activating group) is 1. The molecule has 5 aliphatic rings. The molecule has 2 aliphatic carbocycles. The van der Waals surface area contributed by atoms with Crippen molar-refractivity contribution in [3.05, 3.63) is 103 Å². The molecule has 4 aromatic rings. The Kier molecular flexibility index (Phi) is 14.5. The van der Waals surface area contributed by atoms with E-state index in [-0.39, 0.29) is 43.3 Å². The Bertz CT molecular complexity index is 2720. The van der Waals surface area contributed by atoms with Crippen molar-refractivity contribution in [1.29, 1.82) is 0 Å². The molecule has 9 rings (SSSR count). The van der Waals surface area contributed by atoms with Crippen LogP contribution in [0.4, 0.5) is 0 Å². The van der Waals surface area contributed by atoms with Crippen molar-refractivity contribution < 1.29 is 44.5 Å². The highest BCUT2D eigenvalue weighted by Gasteiger charge is 2.51. The maximum absolute atomic E-state index is 11.7. The number of aromatic hydroxyl groups is 2. The fraction of sp³-hybridized carbons (Fsp3) is 0.509. The summed E-state index contributed by atoms with van der Waals surface area (Å²) in [6, 6.07) is 14.2. The zero-order valence-electron chi connectivity index (χ0n) is 41.0. The summed E-state index contributed by atoms with van der Waals surface area (Å²) in [5.74, 6) is 2.18. The van der Waals surface area contributed by atoms with Gasteiger partial charge in [0.25, 0.3) is 0 Å². The first-order valence-corrected chi connectivity index (χ1v) is 24.8. The summed E-state index contributed by atoms with van der Waals surface area (Å²) < 4.78 is 27.5. The van der Waals surface area contributed by atoms with Gasteiger partial charge in [-0.25, -0.2) is 0 Å². The van der Waals surface area contributed by atoms with E-state index in [9.17, 15) is 25.5 Å². The maximum Gasteiger partial charge on any atom is 0.161 e. The molecule has 0 amide bonds. The minimum absolute atomic E-state index is 0.0202. The van der Waals surface area contributed by atoms with E-state index in [2.05, 4.69) is 65.5 Å². The van der Waals surface area contributed by atoms with Crippen molar-refractivity contribution in [3.8, 4) is 39.9 Å². The van der Waals surface area contributed by atoms with E-state index >= 15 is 0 Å². The molecule has 3 aliphatic heterocycles. The zero-order valence-corrected chi connectivity index (χ0v) is 41.0. The SMILES string of the molecule is CNCO[C@]1(CNCNC[C@@](C)(O)CC(C)C)Cc2c3c(c4c(c2O[C@@H]1c1cc(CCCO)c(O)c(OC)c1)CC[C@H](CO)O4)-c1ccc(O)c2c1[C@H](C3)[C@@H](c1ccc3c(c1)=CCN=3)C(CNC)=C2. The van der Waals surface area contributed by atoms with E-state index < -0.39 is 23.4 Å². The number of fused-ring (bicyclic) bond motifs is 8. The second-order valence-electron chi connectivity index (χ2n) is 20.4. The fourth-order valence-electron chi connectivity index (χ4n) is 12.0. The molecule has 4 aromatic carbocycles. The monoisotopic (exact) mass is 946 g/mol. The normalized spacial score (nSPS) is 22.7. The van der Waals surface area contributed by atoms with Crippen LogP contribution in [0, 0.1) is 5.92 Å². The fourth-order valence-corrected chi connectivity index (χ4v) is 12.0. The Balaban J connectivity index is 1.25. The summed E-state index contributed by atoms with van der Waals surface area (Å²) >= 11 is 0. The molecule has 0 bridgehead atoms. The smallest absolute Gasteiger partial charge is 0.161 e. The molecule has 0 aromatic heterocycles. The molecule has 6 atom stereocenters. The average Bonchev–Trinajstić information content (AvgIpc) is 3.81. The third-order valence-corrected chi connectivity index (χ3v) is 14.8. The van der Waals surface area contributed by atoms with Gasteiger partial charge in [0.05, 0.1) is 38.0 Å². The second-order valence-corrected chi connectivity index (χ2v) is 20.4. The Morgan fingerprint density at radius 2 is 1.81 bits per heavy atom. The number of nitrogens with one attached hydrogen (secondary N) is 4. The molecule has 0 unspecified atom stereocenters. The number of methoxy groups -OCH3 is 1. The molecule has 0 radical (unpaired) electrons. The van der Waals surface area contributed by atoms with Crippen molar-refractivity contribution in [2.45, 2.75) is 101 Å². The van der Waals surface area contributed by atoms with E-state index in [0.717, 1.165) is 60.8 Å². The molecule has 0 spiro atoms. The molecule has 14 nitrogen and oxygen atoms in total. The topological polar surface area (TPSA) is 199 Å². The lowest BCUT2D eigenvalue weighted by molar-refractivity contribution is -0.129. The van der Waals surface area contributed by atoms with Gasteiger partial charge in [0.15, 0.2) is 17.6 Å². The van der Waals surface area contributed by atoms with Crippen molar-refractivity contribution in [1.82, 2.24) is 21.3 Å². The van der Waals surface area contributed by atoms with Crippen molar-refractivity contribution in [3.63, 3.8) is 0 Å². The molecule has 370 valence electrons. The minimum Gasteiger partial charge on any atom is -0.507 e. The summed E-state index contributed by atoms with van der Waals surface area (Å²) in [6.07, 6.45) is 6.92. The maximum atomic E-state index is 11.7. The average molecular weight is 946 g/mol. The first kappa shape index (κ1) is 49.0. The Morgan fingerprint density at radius 3 is 2.57 bits per heavy atom. The number of phenols is 2. The van der Waals surface area contributed by atoms with Crippen LogP contribution in [0.2, 0.25) is 0 Å². The standard InChI is InChI=1S/C55H71N5O9/c1-31(2)23-54(3,65)27-58-29-59-28-55(67-30-57-5)24-43-40-22-42-47(33-9-13-44-32(18-33)15-16-60-44)36(25-56-4)20-41-45(63)14-12-38(48(41)42)49(40)52-39(11-10-37(26-62)68-52)51(43)69-53(55)35-19-34(8-7-17-61)50(64)46(21-35)66-6/h9,12-15,18-21,31,37,42,47,53,56-59,61-65H,7-8,10-11,16-17,22-30H2,1-6H3/t37-,42-,47+,53-,54+,55+/m1/s1. The Hall–Kier alpha value is -5.03. The van der Waals surface area contributed by atoms with Gasteiger partial charge in [-0.3, -0.25) is 10.3 Å². The molecule has 9 N–H and O–H groups in total. The number of hydrogen-bond acceptors (Lipinski definition) is 14. The van der Waals surface area contributed by atoms with Crippen LogP contribution in [0.1, 0.15) is 102 Å². The Morgan fingerprint density at radius 1 is 0.971 bits per heavy atom. The van der Waals surface area contributed by atoms with Crippen LogP contribution in [0.15, 0.2) is 53.0 Å². The van der Waals surface area contributed by atoms with Gasteiger partial charge in [0.2, 0.25) is 0 Å². The summed E-state index contributed by atoms with van der Waals surface area (Å²) in [7, 11) is 5.34. The van der Waals surface area contributed by atoms with Crippen molar-refractivity contribution >= 4 is 12.2 Å². The number of aliphatic hydroxyl groups is 3. The van der Waals surface area contributed by atoms with E-state index in [1.54, 1.807) is 6.07 Å². The summed E-state index contributed by atoms with van der Waals surface area (Å²) in [6.45, 7) is 8.48. The largest absolute Gasteiger partial charge is 0.507 e. The number of aryl methyl sites for hydroxylation is 1. The van der Waals surface area contributed by atoms with Crippen molar-refractivity contribution in [2.75, 3.05) is 74.0 Å². The van der Waals surface area contributed by atoms with Crippen LogP contribution in [0.3, 0.4) is 0 Å². The number of rotatable bonds is 20. The van der Waals surface area contributed by atoms with Crippen LogP contribution >= 0.6 is 0 Å². The molecule has 14 heteroatoms. The van der Waals surface area contributed by atoms with Crippen LogP contribution < -0.4 is 46.1 Å². The lowest BCUT2D eigenvalue weighted by atomic mass is 9.62. The molecule has 69 heavy (non-hydrogen) atoms. The van der Waals surface area contributed by atoms with E-state index in [1.807, 2.05) is 39.2 Å². The van der Waals surface area contributed by atoms with E-state index in [0.29, 0.717) is 101 Å². The van der Waals surface area contributed by atoms with Gasteiger partial charge in [-0.05, 0) is 152 Å². The molecule has 3 heterocycles. The minimum atomic E-state index is -1.07. The van der Waals surface area contributed by atoms with E-state index in [4.69, 9.17) is 23.9 Å². The number of nitrogens with zero attached hydrogens (tertiary/aromatic N) is 1. The van der Waals surface area contributed by atoms with Gasteiger partial charge in [-0.2, -0.15) is 0 Å². The predicted octanol–water partition coefficient (Wildman–Crippen LogP) is 4.38. The lowest BCUT2D eigenvalue weighted by Crippen LogP contribution is -2.56. The number of benzene rings is 4. The number of ether oxygens (including phenoxy) is 4. The van der Waals surface area contributed by atoms with E-state index in [1.165, 1.54) is 18.2 Å². The first-order chi connectivity index (χ1) is 33.3.